The van der Waals surface area contributed by atoms with Crippen LogP contribution in [0.5, 0.6) is 0 Å². The minimum absolute atomic E-state index is 0.106. The SMILES string of the molecule is CC/C=C\C/C=C\C/C=C\C/C=C\C/C=C\CCCC(=O)OCC(COC(=O)CCCCCC/C=C\C/C=C\C/C=C\CC)OC(=O)CCCCCCCCCCCCCCCCCCC. The number of carbonyl (C=O) groups excluding carboxylic acids is 3. The first-order chi connectivity index (χ1) is 32.5. The van der Waals surface area contributed by atoms with E-state index in [0.717, 1.165) is 109 Å². The van der Waals surface area contributed by atoms with E-state index in [1.54, 1.807) is 0 Å². The Kier molecular flexibility index (Phi) is 50.9. The van der Waals surface area contributed by atoms with E-state index in [1.807, 2.05) is 0 Å². The van der Waals surface area contributed by atoms with Crippen LogP contribution in [0.15, 0.2) is 97.2 Å². The van der Waals surface area contributed by atoms with Crippen molar-refractivity contribution in [1.82, 2.24) is 0 Å². The van der Waals surface area contributed by atoms with E-state index in [2.05, 4.69) is 118 Å². The third-order valence-electron chi connectivity index (χ3n) is 11.3. The molecule has 0 saturated carbocycles. The van der Waals surface area contributed by atoms with E-state index in [9.17, 15) is 14.4 Å². The molecule has 0 aliphatic rings. The Hall–Kier alpha value is -3.67. The Balaban J connectivity index is 4.49. The molecule has 376 valence electrons. The molecule has 0 rings (SSSR count). The lowest BCUT2D eigenvalue weighted by molar-refractivity contribution is -0.167. The van der Waals surface area contributed by atoms with Crippen LogP contribution in [0.25, 0.3) is 0 Å². The molecule has 66 heavy (non-hydrogen) atoms. The lowest BCUT2D eigenvalue weighted by Gasteiger charge is -2.18. The van der Waals surface area contributed by atoms with Crippen molar-refractivity contribution in [1.29, 1.82) is 0 Å². The van der Waals surface area contributed by atoms with E-state index >= 15 is 0 Å². The monoisotopic (exact) mass is 917 g/mol. The van der Waals surface area contributed by atoms with Gasteiger partial charge in [0.05, 0.1) is 0 Å². The van der Waals surface area contributed by atoms with Crippen molar-refractivity contribution in [2.24, 2.45) is 0 Å². The van der Waals surface area contributed by atoms with Crippen molar-refractivity contribution < 1.29 is 28.6 Å². The first kappa shape index (κ1) is 62.3. The van der Waals surface area contributed by atoms with Crippen molar-refractivity contribution in [3.8, 4) is 0 Å². The van der Waals surface area contributed by atoms with Crippen molar-refractivity contribution in [3.05, 3.63) is 97.2 Å². The second kappa shape index (κ2) is 53.9. The summed E-state index contributed by atoms with van der Waals surface area (Å²) in [5.41, 5.74) is 0. The predicted molar refractivity (Wildman–Crippen MR) is 284 cm³/mol. The molecule has 0 bridgehead atoms. The van der Waals surface area contributed by atoms with Crippen molar-refractivity contribution in [2.45, 2.75) is 252 Å². The van der Waals surface area contributed by atoms with Gasteiger partial charge in [0, 0.05) is 19.3 Å². The van der Waals surface area contributed by atoms with Gasteiger partial charge in [0.1, 0.15) is 13.2 Å². The fourth-order valence-electron chi connectivity index (χ4n) is 7.32. The molecule has 0 aromatic carbocycles. The van der Waals surface area contributed by atoms with Gasteiger partial charge >= 0.3 is 17.9 Å². The van der Waals surface area contributed by atoms with Gasteiger partial charge < -0.3 is 14.2 Å². The Morgan fingerprint density at radius 2 is 0.606 bits per heavy atom. The van der Waals surface area contributed by atoms with Crippen LogP contribution in [-0.4, -0.2) is 37.2 Å². The zero-order chi connectivity index (χ0) is 47.9. The van der Waals surface area contributed by atoms with Gasteiger partial charge in [-0.1, -0.05) is 234 Å². The number of hydrogen-bond donors (Lipinski definition) is 0. The van der Waals surface area contributed by atoms with Gasteiger partial charge in [-0.3, -0.25) is 14.4 Å². The summed E-state index contributed by atoms with van der Waals surface area (Å²) in [7, 11) is 0. The van der Waals surface area contributed by atoms with Crippen LogP contribution >= 0.6 is 0 Å². The number of rotatable bonds is 48. The molecule has 6 heteroatoms. The number of ether oxygens (including phenoxy) is 3. The highest BCUT2D eigenvalue weighted by atomic mass is 16.6. The maximum Gasteiger partial charge on any atom is 0.306 e. The average molecular weight is 917 g/mol. The van der Waals surface area contributed by atoms with Crippen molar-refractivity contribution in [2.75, 3.05) is 13.2 Å². The molecule has 0 aromatic rings. The van der Waals surface area contributed by atoms with Gasteiger partial charge in [-0.2, -0.15) is 0 Å². The topological polar surface area (TPSA) is 78.9 Å². The minimum atomic E-state index is -0.809. The van der Waals surface area contributed by atoms with Crippen LogP contribution in [0.4, 0.5) is 0 Å². The summed E-state index contributed by atoms with van der Waals surface area (Å²) in [4.78, 5) is 38.1. The first-order valence-electron chi connectivity index (χ1n) is 27.2. The summed E-state index contributed by atoms with van der Waals surface area (Å²) < 4.78 is 16.8. The number of carbonyl (C=O) groups is 3. The normalized spacial score (nSPS) is 12.8. The van der Waals surface area contributed by atoms with Gasteiger partial charge in [-0.15, -0.1) is 0 Å². The Labute approximate surface area is 407 Å². The van der Waals surface area contributed by atoms with E-state index in [4.69, 9.17) is 14.2 Å². The summed E-state index contributed by atoms with van der Waals surface area (Å²) in [5, 5.41) is 0. The standard InChI is InChI=1S/C60H100O6/c1-4-7-10-13-16-19-22-25-28-30-32-35-38-41-44-47-50-53-59(62)65-56-57(55-64-58(61)52-49-46-43-40-37-34-27-24-21-18-15-12-9-6-3)66-60(63)54-51-48-45-42-39-36-33-31-29-26-23-20-17-14-11-8-5-2/h7,9-10,12,16,18-19,21,25,27-28,32,34-35,41,44,57H,4-6,8,11,13-15,17,20,22-24,26,29-31,33,36-40,42-43,45-56H2,1-3H3/b10-7-,12-9-,19-16-,21-18-,28-25-,34-27-,35-32-,44-41-. The van der Waals surface area contributed by atoms with Gasteiger partial charge in [-0.25, -0.2) is 0 Å². The molecule has 0 aliphatic heterocycles. The lowest BCUT2D eigenvalue weighted by atomic mass is 10.0. The summed E-state index contributed by atoms with van der Waals surface area (Å²) in [6.07, 6.45) is 71.1. The number of hydrogen-bond acceptors (Lipinski definition) is 6. The second-order valence-electron chi connectivity index (χ2n) is 17.7. The molecule has 0 fully saturated rings. The molecule has 0 radical (unpaired) electrons. The Bertz CT molecular complexity index is 1330. The molecule has 0 spiro atoms. The van der Waals surface area contributed by atoms with Crippen LogP contribution in [0.2, 0.25) is 0 Å². The third-order valence-corrected chi connectivity index (χ3v) is 11.3. The third kappa shape index (κ3) is 51.3. The van der Waals surface area contributed by atoms with Crippen LogP contribution in [-0.2, 0) is 28.6 Å². The lowest BCUT2D eigenvalue weighted by Crippen LogP contribution is -2.30. The summed E-state index contributed by atoms with van der Waals surface area (Å²) in [6, 6.07) is 0. The minimum Gasteiger partial charge on any atom is -0.462 e. The van der Waals surface area contributed by atoms with Gasteiger partial charge in [0.15, 0.2) is 6.10 Å². The van der Waals surface area contributed by atoms with Crippen LogP contribution in [0, 0.1) is 0 Å². The zero-order valence-electron chi connectivity index (χ0n) is 42.9. The fraction of sp³-hybridized carbons (Fsp3) is 0.683. The molecular weight excluding hydrogens is 817 g/mol. The molecule has 0 heterocycles. The molecule has 0 saturated heterocycles. The van der Waals surface area contributed by atoms with Crippen LogP contribution < -0.4 is 0 Å². The van der Waals surface area contributed by atoms with E-state index in [1.165, 1.54) is 89.9 Å². The highest BCUT2D eigenvalue weighted by Crippen LogP contribution is 2.15. The number of unbranched alkanes of at least 4 members (excludes halogenated alkanes) is 21. The van der Waals surface area contributed by atoms with Gasteiger partial charge in [0.2, 0.25) is 0 Å². The molecule has 6 nitrogen and oxygen atoms in total. The van der Waals surface area contributed by atoms with E-state index < -0.39 is 6.10 Å². The molecule has 0 N–H and O–H groups in total. The average Bonchev–Trinajstić information content (AvgIpc) is 3.31. The number of esters is 3. The maximum absolute atomic E-state index is 12.8. The van der Waals surface area contributed by atoms with E-state index in [0.29, 0.717) is 19.3 Å². The van der Waals surface area contributed by atoms with Crippen molar-refractivity contribution >= 4 is 17.9 Å². The summed E-state index contributed by atoms with van der Waals surface area (Å²) in [5.74, 6) is -0.984. The predicted octanol–water partition coefficient (Wildman–Crippen LogP) is 18.1. The Morgan fingerprint density at radius 1 is 0.318 bits per heavy atom. The van der Waals surface area contributed by atoms with Crippen LogP contribution in [0.3, 0.4) is 0 Å². The highest BCUT2D eigenvalue weighted by molar-refractivity contribution is 5.71. The van der Waals surface area contributed by atoms with Crippen LogP contribution in [0.1, 0.15) is 245 Å². The smallest absolute Gasteiger partial charge is 0.306 e. The summed E-state index contributed by atoms with van der Waals surface area (Å²) >= 11 is 0. The molecule has 1 unspecified atom stereocenters. The maximum atomic E-state index is 12.8. The number of allylic oxidation sites excluding steroid dienone is 16. The first-order valence-corrected chi connectivity index (χ1v) is 27.2. The quantitative estimate of drug-likeness (QED) is 0.0262. The zero-order valence-corrected chi connectivity index (χ0v) is 42.9. The molecule has 0 aliphatic carbocycles. The Morgan fingerprint density at radius 3 is 0.985 bits per heavy atom. The molecular formula is C60H100O6. The van der Waals surface area contributed by atoms with Gasteiger partial charge in [0.25, 0.3) is 0 Å². The van der Waals surface area contributed by atoms with E-state index in [-0.39, 0.29) is 37.5 Å². The largest absolute Gasteiger partial charge is 0.462 e. The highest BCUT2D eigenvalue weighted by Gasteiger charge is 2.19. The molecule has 0 amide bonds. The van der Waals surface area contributed by atoms with Gasteiger partial charge in [-0.05, 0) is 89.9 Å². The van der Waals surface area contributed by atoms with Crippen molar-refractivity contribution in [3.63, 3.8) is 0 Å². The summed E-state index contributed by atoms with van der Waals surface area (Å²) in [6.45, 7) is 6.35. The second-order valence-corrected chi connectivity index (χ2v) is 17.7. The fourth-order valence-corrected chi connectivity index (χ4v) is 7.32. The molecule has 0 aromatic heterocycles. The molecule has 1 atom stereocenters.